The molecule has 22 heavy (non-hydrogen) atoms. The summed E-state index contributed by atoms with van der Waals surface area (Å²) in [5, 5.41) is 0. The van der Waals surface area contributed by atoms with Crippen molar-refractivity contribution in [2.24, 2.45) is 5.92 Å². The Balaban J connectivity index is 1.90. The van der Waals surface area contributed by atoms with Gasteiger partial charge in [-0.25, -0.2) is 12.7 Å². The number of amides is 2. The van der Waals surface area contributed by atoms with Gasteiger partial charge < -0.3 is 9.80 Å². The van der Waals surface area contributed by atoms with Crippen LogP contribution < -0.4 is 0 Å². The summed E-state index contributed by atoms with van der Waals surface area (Å²) in [4.78, 5) is 27.5. The summed E-state index contributed by atoms with van der Waals surface area (Å²) in [5.74, 6) is 0.128. The maximum absolute atomic E-state index is 12.6. The van der Waals surface area contributed by atoms with E-state index in [1.807, 2.05) is 0 Å². The Labute approximate surface area is 132 Å². The van der Waals surface area contributed by atoms with Crippen LogP contribution >= 0.6 is 0 Å². The van der Waals surface area contributed by atoms with Crippen LogP contribution in [0.5, 0.6) is 0 Å². The van der Waals surface area contributed by atoms with E-state index in [0.29, 0.717) is 58.5 Å². The largest absolute Gasteiger partial charge is 0.343 e. The number of sulfonamides is 1. The molecule has 0 aromatic carbocycles. The molecule has 0 aliphatic carbocycles. The molecule has 7 nitrogen and oxygen atoms in total. The van der Waals surface area contributed by atoms with Crippen LogP contribution in [0.4, 0.5) is 0 Å². The third kappa shape index (κ3) is 4.19. The van der Waals surface area contributed by atoms with Crippen molar-refractivity contribution in [1.29, 1.82) is 0 Å². The van der Waals surface area contributed by atoms with Gasteiger partial charge in [0.1, 0.15) is 0 Å². The highest BCUT2D eigenvalue weighted by atomic mass is 32.2. The van der Waals surface area contributed by atoms with Gasteiger partial charge in [-0.2, -0.15) is 0 Å². The van der Waals surface area contributed by atoms with Gasteiger partial charge in [0.15, 0.2) is 0 Å². The molecule has 2 fully saturated rings. The number of carbonyl (C=O) groups is 2. The van der Waals surface area contributed by atoms with Crippen molar-refractivity contribution in [2.75, 3.05) is 45.5 Å². The zero-order valence-corrected chi connectivity index (χ0v) is 14.1. The summed E-state index contributed by atoms with van der Waals surface area (Å²) in [6.45, 7) is 4.74. The Hall–Kier alpha value is -1.15. The fourth-order valence-corrected chi connectivity index (χ4v) is 4.02. The molecule has 2 saturated heterocycles. The monoisotopic (exact) mass is 331 g/mol. The lowest BCUT2D eigenvalue weighted by atomic mass is 9.95. The quantitative estimate of drug-likeness (QED) is 0.698. The van der Waals surface area contributed by atoms with E-state index in [9.17, 15) is 18.0 Å². The minimum absolute atomic E-state index is 0.0413. The molecule has 0 spiro atoms. The molecule has 0 aromatic rings. The van der Waals surface area contributed by atoms with Crippen LogP contribution in [0.2, 0.25) is 0 Å². The van der Waals surface area contributed by atoms with Crippen LogP contribution in [0.3, 0.4) is 0 Å². The number of rotatable bonds is 2. The highest BCUT2D eigenvalue weighted by Gasteiger charge is 2.31. The van der Waals surface area contributed by atoms with E-state index in [-0.39, 0.29) is 17.7 Å². The lowest BCUT2D eigenvalue weighted by molar-refractivity contribution is -0.139. The van der Waals surface area contributed by atoms with E-state index in [4.69, 9.17) is 0 Å². The SMILES string of the molecule is CC(=O)N1CCC(C(=O)N2CCCN(S(C)(=O)=O)CC2)CC1. The Kier molecular flexibility index (Phi) is 5.44. The summed E-state index contributed by atoms with van der Waals surface area (Å²) >= 11 is 0. The van der Waals surface area contributed by atoms with Crippen LogP contribution in [0.1, 0.15) is 26.2 Å². The van der Waals surface area contributed by atoms with Crippen molar-refractivity contribution in [3.8, 4) is 0 Å². The van der Waals surface area contributed by atoms with Gasteiger partial charge in [-0.1, -0.05) is 0 Å². The summed E-state index contributed by atoms with van der Waals surface area (Å²) in [6, 6.07) is 0. The van der Waals surface area contributed by atoms with Crippen LogP contribution in [-0.4, -0.2) is 79.9 Å². The Morgan fingerprint density at radius 3 is 2.09 bits per heavy atom. The molecule has 0 atom stereocenters. The summed E-state index contributed by atoms with van der Waals surface area (Å²) in [6.07, 6.45) is 3.28. The minimum atomic E-state index is -3.19. The molecule has 0 radical (unpaired) electrons. The predicted octanol–water partition coefficient (Wildman–Crippen LogP) is -0.261. The third-order valence-electron chi connectivity index (χ3n) is 4.53. The second-order valence-electron chi connectivity index (χ2n) is 6.12. The molecule has 2 rings (SSSR count). The van der Waals surface area contributed by atoms with Gasteiger partial charge in [-0.3, -0.25) is 9.59 Å². The van der Waals surface area contributed by atoms with Crippen molar-refractivity contribution in [3.63, 3.8) is 0 Å². The average Bonchev–Trinajstić information content (AvgIpc) is 2.72. The van der Waals surface area contributed by atoms with E-state index < -0.39 is 10.0 Å². The maximum atomic E-state index is 12.6. The van der Waals surface area contributed by atoms with Crippen LogP contribution in [-0.2, 0) is 19.6 Å². The lowest BCUT2D eigenvalue weighted by Gasteiger charge is -2.33. The Morgan fingerprint density at radius 2 is 1.55 bits per heavy atom. The van der Waals surface area contributed by atoms with Crippen LogP contribution in [0, 0.1) is 5.92 Å². The molecule has 0 saturated carbocycles. The van der Waals surface area contributed by atoms with Crippen LogP contribution in [0.25, 0.3) is 0 Å². The smallest absolute Gasteiger partial charge is 0.225 e. The Bertz CT molecular complexity index is 526. The lowest BCUT2D eigenvalue weighted by Crippen LogP contribution is -2.45. The van der Waals surface area contributed by atoms with Crippen molar-refractivity contribution < 1.29 is 18.0 Å². The first kappa shape index (κ1) is 17.2. The molecule has 2 amide bonds. The van der Waals surface area contributed by atoms with Gasteiger partial charge in [-0.15, -0.1) is 0 Å². The molecule has 2 aliphatic heterocycles. The molecule has 0 aromatic heterocycles. The predicted molar refractivity (Wildman–Crippen MR) is 82.6 cm³/mol. The molecular formula is C14H25N3O4S. The Morgan fingerprint density at radius 1 is 0.909 bits per heavy atom. The second kappa shape index (κ2) is 6.95. The van der Waals surface area contributed by atoms with Gasteiger partial charge in [0, 0.05) is 52.1 Å². The van der Waals surface area contributed by atoms with E-state index in [0.717, 1.165) is 0 Å². The van der Waals surface area contributed by atoms with E-state index >= 15 is 0 Å². The number of hydrogen-bond donors (Lipinski definition) is 0. The summed E-state index contributed by atoms with van der Waals surface area (Å²) in [5.41, 5.74) is 0. The molecule has 126 valence electrons. The van der Waals surface area contributed by atoms with Gasteiger partial charge in [-0.05, 0) is 19.3 Å². The molecule has 2 aliphatic rings. The first-order chi connectivity index (χ1) is 10.3. The van der Waals surface area contributed by atoms with E-state index in [2.05, 4.69) is 0 Å². The van der Waals surface area contributed by atoms with Gasteiger partial charge >= 0.3 is 0 Å². The molecular weight excluding hydrogens is 306 g/mol. The molecule has 8 heteroatoms. The average molecular weight is 331 g/mol. The van der Waals surface area contributed by atoms with Gasteiger partial charge in [0.2, 0.25) is 21.8 Å². The number of hydrogen-bond acceptors (Lipinski definition) is 4. The molecule has 0 bridgehead atoms. The second-order valence-corrected chi connectivity index (χ2v) is 8.10. The van der Waals surface area contributed by atoms with Gasteiger partial charge in [0.25, 0.3) is 0 Å². The van der Waals surface area contributed by atoms with Crippen molar-refractivity contribution in [1.82, 2.24) is 14.1 Å². The zero-order chi connectivity index (χ0) is 16.3. The van der Waals surface area contributed by atoms with E-state index in [1.165, 1.54) is 10.6 Å². The first-order valence-electron chi connectivity index (χ1n) is 7.78. The minimum Gasteiger partial charge on any atom is -0.343 e. The standard InChI is InChI=1S/C14H25N3O4S/c1-12(18)15-8-4-13(5-9-15)14(19)16-6-3-7-17(11-10-16)22(2,20)21/h13H,3-11H2,1-2H3. The summed E-state index contributed by atoms with van der Waals surface area (Å²) < 4.78 is 24.6. The fraction of sp³-hybridized carbons (Fsp3) is 0.857. The summed E-state index contributed by atoms with van der Waals surface area (Å²) in [7, 11) is -3.19. The van der Waals surface area contributed by atoms with Crippen molar-refractivity contribution >= 4 is 21.8 Å². The number of likely N-dealkylation sites (tertiary alicyclic amines) is 1. The van der Waals surface area contributed by atoms with Gasteiger partial charge in [0.05, 0.1) is 6.26 Å². The molecule has 0 N–H and O–H groups in total. The van der Waals surface area contributed by atoms with Crippen molar-refractivity contribution in [3.05, 3.63) is 0 Å². The first-order valence-corrected chi connectivity index (χ1v) is 9.63. The third-order valence-corrected chi connectivity index (χ3v) is 5.83. The highest BCUT2D eigenvalue weighted by Crippen LogP contribution is 2.21. The van der Waals surface area contributed by atoms with Crippen molar-refractivity contribution in [2.45, 2.75) is 26.2 Å². The number of carbonyl (C=O) groups excluding carboxylic acids is 2. The topological polar surface area (TPSA) is 78.0 Å². The fourth-order valence-electron chi connectivity index (χ4n) is 3.15. The van der Waals surface area contributed by atoms with E-state index in [1.54, 1.807) is 16.7 Å². The molecule has 2 heterocycles. The highest BCUT2D eigenvalue weighted by molar-refractivity contribution is 7.88. The number of piperidine rings is 1. The normalized spacial score (nSPS) is 22.5. The zero-order valence-electron chi connectivity index (χ0n) is 13.3. The maximum Gasteiger partial charge on any atom is 0.225 e. The van der Waals surface area contributed by atoms with Crippen LogP contribution in [0.15, 0.2) is 0 Å². The molecule has 0 unspecified atom stereocenters. The number of nitrogens with zero attached hydrogens (tertiary/aromatic N) is 3.